The standard InChI is InChI=1S/C18H30N6O7/c1-3-9(2)14(24-15(27)11(19)4-10-5-20-8-21-10)17(29)22-12(6-25)16(28)23-13(7-26)18(30)31/h5,8-9,11-14,25-26H,3-4,6-7,19H2,1-2H3,(H,20,21)(H,22,29)(H,23,28)(H,24,27)(H,30,31). The molecule has 5 atom stereocenters. The summed E-state index contributed by atoms with van der Waals surface area (Å²) in [5.74, 6) is -4.15. The second-order valence-electron chi connectivity index (χ2n) is 7.08. The highest BCUT2D eigenvalue weighted by Gasteiger charge is 2.32. The maximum Gasteiger partial charge on any atom is 0.328 e. The number of hydrogen-bond acceptors (Lipinski definition) is 8. The molecule has 0 fully saturated rings. The van der Waals surface area contributed by atoms with E-state index in [4.69, 9.17) is 15.9 Å². The average Bonchev–Trinajstić information content (AvgIpc) is 3.25. The van der Waals surface area contributed by atoms with Gasteiger partial charge in [0.05, 0.1) is 25.6 Å². The van der Waals surface area contributed by atoms with Gasteiger partial charge in [0, 0.05) is 18.3 Å². The number of imidazole rings is 1. The van der Waals surface area contributed by atoms with E-state index in [9.17, 15) is 24.3 Å². The van der Waals surface area contributed by atoms with Gasteiger partial charge in [0.25, 0.3) is 0 Å². The van der Waals surface area contributed by atoms with Crippen LogP contribution in [0.1, 0.15) is 26.0 Å². The Morgan fingerprint density at radius 1 is 1.06 bits per heavy atom. The van der Waals surface area contributed by atoms with Gasteiger partial charge in [0.1, 0.15) is 18.1 Å². The molecule has 9 N–H and O–H groups in total. The number of aliphatic hydroxyl groups excluding tert-OH is 2. The molecule has 0 saturated carbocycles. The quantitative estimate of drug-likeness (QED) is 0.154. The van der Waals surface area contributed by atoms with Gasteiger partial charge in [0.2, 0.25) is 17.7 Å². The molecule has 0 aliphatic heterocycles. The molecule has 0 aliphatic carbocycles. The summed E-state index contributed by atoms with van der Waals surface area (Å²) in [6.45, 7) is 1.82. The van der Waals surface area contributed by atoms with Crippen LogP contribution >= 0.6 is 0 Å². The van der Waals surface area contributed by atoms with Gasteiger partial charge in [-0.1, -0.05) is 20.3 Å². The number of hydrogen-bond donors (Lipinski definition) is 8. The molecule has 0 bridgehead atoms. The number of rotatable bonds is 13. The van der Waals surface area contributed by atoms with E-state index in [1.54, 1.807) is 13.8 Å². The summed E-state index contributed by atoms with van der Waals surface area (Å²) in [6.07, 6.45) is 3.64. The number of aromatic nitrogens is 2. The average molecular weight is 442 g/mol. The Morgan fingerprint density at radius 3 is 2.16 bits per heavy atom. The van der Waals surface area contributed by atoms with Gasteiger partial charge in [-0.15, -0.1) is 0 Å². The minimum absolute atomic E-state index is 0.167. The zero-order chi connectivity index (χ0) is 23.6. The summed E-state index contributed by atoms with van der Waals surface area (Å²) in [7, 11) is 0. The van der Waals surface area contributed by atoms with Gasteiger partial charge >= 0.3 is 5.97 Å². The first kappa shape index (κ1) is 26.0. The molecule has 0 spiro atoms. The van der Waals surface area contributed by atoms with Crippen molar-refractivity contribution < 1.29 is 34.5 Å². The predicted molar refractivity (Wildman–Crippen MR) is 107 cm³/mol. The lowest BCUT2D eigenvalue weighted by Gasteiger charge is -2.27. The van der Waals surface area contributed by atoms with E-state index in [0.29, 0.717) is 12.1 Å². The highest BCUT2D eigenvalue weighted by Crippen LogP contribution is 2.09. The van der Waals surface area contributed by atoms with Crippen LogP contribution in [0.15, 0.2) is 12.5 Å². The number of carboxylic acid groups (broad SMARTS) is 1. The lowest BCUT2D eigenvalue weighted by Crippen LogP contribution is -2.59. The maximum atomic E-state index is 12.7. The number of aromatic amines is 1. The lowest BCUT2D eigenvalue weighted by molar-refractivity contribution is -0.143. The van der Waals surface area contributed by atoms with Crippen LogP contribution in [0.5, 0.6) is 0 Å². The van der Waals surface area contributed by atoms with Gasteiger partial charge in [-0.25, -0.2) is 9.78 Å². The molecular weight excluding hydrogens is 412 g/mol. The number of nitrogens with one attached hydrogen (secondary N) is 4. The molecule has 1 aromatic rings. The Morgan fingerprint density at radius 2 is 1.68 bits per heavy atom. The smallest absolute Gasteiger partial charge is 0.328 e. The number of nitrogens with two attached hydrogens (primary N) is 1. The topological polar surface area (TPSA) is 220 Å². The van der Waals surface area contributed by atoms with Crippen molar-refractivity contribution >= 4 is 23.7 Å². The molecule has 0 radical (unpaired) electrons. The summed E-state index contributed by atoms with van der Waals surface area (Å²) in [4.78, 5) is 55.0. The molecule has 0 aliphatic rings. The number of carbonyl (C=O) groups is 4. The molecule has 1 aromatic heterocycles. The van der Waals surface area contributed by atoms with E-state index in [-0.39, 0.29) is 12.3 Å². The first-order valence-electron chi connectivity index (χ1n) is 9.72. The molecule has 13 nitrogen and oxygen atoms in total. The summed E-state index contributed by atoms with van der Waals surface area (Å²) in [5, 5.41) is 34.2. The molecule has 174 valence electrons. The molecule has 0 aromatic carbocycles. The Kier molecular flexibility index (Phi) is 10.6. The molecule has 5 unspecified atom stereocenters. The summed E-state index contributed by atoms with van der Waals surface area (Å²) in [6, 6.07) is -5.09. The third-order valence-corrected chi connectivity index (χ3v) is 4.74. The van der Waals surface area contributed by atoms with Crippen molar-refractivity contribution in [3.8, 4) is 0 Å². The van der Waals surface area contributed by atoms with E-state index in [2.05, 4.69) is 20.6 Å². The van der Waals surface area contributed by atoms with Crippen LogP contribution in [0, 0.1) is 5.92 Å². The first-order valence-corrected chi connectivity index (χ1v) is 9.72. The van der Waals surface area contributed by atoms with E-state index in [1.807, 2.05) is 5.32 Å². The summed E-state index contributed by atoms with van der Waals surface area (Å²) < 4.78 is 0. The Labute approximate surface area is 178 Å². The van der Waals surface area contributed by atoms with E-state index >= 15 is 0 Å². The fourth-order valence-corrected chi connectivity index (χ4v) is 2.60. The third-order valence-electron chi connectivity index (χ3n) is 4.74. The molecule has 31 heavy (non-hydrogen) atoms. The van der Waals surface area contributed by atoms with Gasteiger partial charge in [-0.2, -0.15) is 0 Å². The second kappa shape index (κ2) is 12.6. The number of amides is 3. The third kappa shape index (κ3) is 7.96. The molecular formula is C18H30N6O7. The van der Waals surface area contributed by atoms with Crippen LogP contribution in [-0.2, 0) is 25.6 Å². The minimum Gasteiger partial charge on any atom is -0.480 e. The summed E-state index contributed by atoms with van der Waals surface area (Å²) in [5.41, 5.74) is 6.54. The first-order chi connectivity index (χ1) is 14.6. The zero-order valence-electron chi connectivity index (χ0n) is 17.4. The Hall–Kier alpha value is -3.03. The van der Waals surface area contributed by atoms with Crippen LogP contribution in [0.25, 0.3) is 0 Å². The Bertz CT molecular complexity index is 742. The number of aliphatic hydroxyl groups is 2. The predicted octanol–water partition coefficient (Wildman–Crippen LogP) is -3.15. The summed E-state index contributed by atoms with van der Waals surface area (Å²) >= 11 is 0. The van der Waals surface area contributed by atoms with Gasteiger partial charge in [-0.05, 0) is 5.92 Å². The highest BCUT2D eigenvalue weighted by molar-refractivity contribution is 5.94. The van der Waals surface area contributed by atoms with Crippen LogP contribution < -0.4 is 21.7 Å². The Balaban J connectivity index is 2.82. The van der Waals surface area contributed by atoms with Gasteiger partial charge < -0.3 is 42.0 Å². The normalized spacial score (nSPS) is 15.8. The van der Waals surface area contributed by atoms with Crippen molar-refractivity contribution in [2.75, 3.05) is 13.2 Å². The fourth-order valence-electron chi connectivity index (χ4n) is 2.60. The van der Waals surface area contributed by atoms with Crippen molar-refractivity contribution in [1.29, 1.82) is 0 Å². The largest absolute Gasteiger partial charge is 0.480 e. The van der Waals surface area contributed by atoms with Crippen molar-refractivity contribution in [3.63, 3.8) is 0 Å². The van der Waals surface area contributed by atoms with E-state index < -0.39 is 61.1 Å². The van der Waals surface area contributed by atoms with E-state index in [0.717, 1.165) is 0 Å². The molecule has 1 heterocycles. The van der Waals surface area contributed by atoms with Crippen molar-refractivity contribution in [2.45, 2.75) is 50.9 Å². The fraction of sp³-hybridized carbons (Fsp3) is 0.611. The molecule has 3 amide bonds. The maximum absolute atomic E-state index is 12.7. The number of H-pyrrole nitrogens is 1. The molecule has 13 heteroatoms. The highest BCUT2D eigenvalue weighted by atomic mass is 16.4. The molecule has 1 rings (SSSR count). The lowest BCUT2D eigenvalue weighted by atomic mass is 9.97. The number of nitrogens with zero attached hydrogens (tertiary/aromatic N) is 1. The van der Waals surface area contributed by atoms with Gasteiger partial charge in [0.15, 0.2) is 0 Å². The van der Waals surface area contributed by atoms with Crippen LogP contribution in [0.4, 0.5) is 0 Å². The van der Waals surface area contributed by atoms with Crippen LogP contribution in [0.2, 0.25) is 0 Å². The van der Waals surface area contributed by atoms with E-state index in [1.165, 1.54) is 12.5 Å². The van der Waals surface area contributed by atoms with Crippen LogP contribution in [0.3, 0.4) is 0 Å². The number of aliphatic carboxylic acids is 1. The SMILES string of the molecule is CCC(C)C(NC(=O)C(N)Cc1cnc[nH]1)C(=O)NC(CO)C(=O)NC(CO)C(=O)O. The zero-order valence-corrected chi connectivity index (χ0v) is 17.4. The van der Waals surface area contributed by atoms with Crippen LogP contribution in [-0.4, -0.2) is 86.4 Å². The number of carboxylic acids is 1. The van der Waals surface area contributed by atoms with Crippen molar-refractivity contribution in [2.24, 2.45) is 11.7 Å². The van der Waals surface area contributed by atoms with Crippen molar-refractivity contribution in [1.82, 2.24) is 25.9 Å². The second-order valence-corrected chi connectivity index (χ2v) is 7.08. The molecule has 0 saturated heterocycles. The van der Waals surface area contributed by atoms with Gasteiger partial charge in [-0.3, -0.25) is 14.4 Å². The van der Waals surface area contributed by atoms with Crippen molar-refractivity contribution in [3.05, 3.63) is 18.2 Å². The monoisotopic (exact) mass is 442 g/mol. The minimum atomic E-state index is -1.59. The number of carbonyl (C=O) groups excluding carboxylic acids is 3.